The number of hydrogen-bond acceptors (Lipinski definition) is 3. The lowest BCUT2D eigenvalue weighted by atomic mass is 10.2. The predicted molar refractivity (Wildman–Crippen MR) is 60.4 cm³/mol. The van der Waals surface area contributed by atoms with Gasteiger partial charge in [0.05, 0.1) is 0 Å². The van der Waals surface area contributed by atoms with Crippen molar-refractivity contribution < 1.29 is 0 Å². The van der Waals surface area contributed by atoms with Crippen LogP contribution in [0.3, 0.4) is 0 Å². The molecule has 0 saturated heterocycles. The first-order chi connectivity index (χ1) is 6.90. The van der Waals surface area contributed by atoms with Crippen molar-refractivity contribution in [2.45, 2.75) is 37.1 Å². The van der Waals surface area contributed by atoms with Gasteiger partial charge in [-0.2, -0.15) is 16.9 Å². The molecule has 2 unspecified atom stereocenters. The third-order valence-corrected chi connectivity index (χ3v) is 4.04. The number of nitrogens with one attached hydrogen (secondary N) is 2. The monoisotopic (exact) mass is 211 g/mol. The molecular formula is C10H17N3S. The normalized spacial score (nSPS) is 26.9. The Balaban J connectivity index is 1.80. The van der Waals surface area contributed by atoms with E-state index in [1.165, 1.54) is 25.0 Å². The van der Waals surface area contributed by atoms with Gasteiger partial charge in [-0.1, -0.05) is 6.42 Å². The van der Waals surface area contributed by atoms with Crippen molar-refractivity contribution in [2.24, 2.45) is 0 Å². The van der Waals surface area contributed by atoms with Gasteiger partial charge < -0.3 is 5.32 Å². The quantitative estimate of drug-likeness (QED) is 0.797. The van der Waals surface area contributed by atoms with E-state index in [9.17, 15) is 0 Å². The largest absolute Gasteiger partial charge is 0.307 e. The van der Waals surface area contributed by atoms with E-state index in [-0.39, 0.29) is 0 Å². The van der Waals surface area contributed by atoms with E-state index in [1.807, 2.05) is 17.8 Å². The van der Waals surface area contributed by atoms with Crippen molar-refractivity contribution in [3.8, 4) is 0 Å². The summed E-state index contributed by atoms with van der Waals surface area (Å²) < 4.78 is 0. The third-order valence-electron chi connectivity index (χ3n) is 2.87. The fourth-order valence-corrected chi connectivity index (χ4v) is 3.03. The lowest BCUT2D eigenvalue weighted by Crippen LogP contribution is -2.33. The number of hydrogen-bond donors (Lipinski definition) is 2. The van der Waals surface area contributed by atoms with Crippen molar-refractivity contribution in [3.05, 3.63) is 18.0 Å². The number of thioether (sulfide) groups is 1. The second kappa shape index (κ2) is 4.84. The maximum Gasteiger partial charge on any atom is 0.0490 e. The summed E-state index contributed by atoms with van der Waals surface area (Å²) in [5.41, 5.74) is 1.18. The Kier molecular flexibility index (Phi) is 3.48. The molecule has 0 amide bonds. The van der Waals surface area contributed by atoms with Crippen LogP contribution in [-0.4, -0.2) is 27.7 Å². The molecule has 78 valence electrons. The van der Waals surface area contributed by atoms with Crippen molar-refractivity contribution >= 4 is 11.8 Å². The first-order valence-electron chi connectivity index (χ1n) is 5.14. The van der Waals surface area contributed by atoms with Crippen molar-refractivity contribution in [3.63, 3.8) is 0 Å². The maximum absolute atomic E-state index is 3.94. The highest BCUT2D eigenvalue weighted by Crippen LogP contribution is 2.28. The van der Waals surface area contributed by atoms with Crippen LogP contribution in [-0.2, 0) is 6.54 Å². The molecule has 0 bridgehead atoms. The molecular weight excluding hydrogens is 194 g/mol. The maximum atomic E-state index is 3.94. The summed E-state index contributed by atoms with van der Waals surface area (Å²) in [5, 5.41) is 11.3. The van der Waals surface area contributed by atoms with Crippen molar-refractivity contribution in [1.29, 1.82) is 0 Å². The highest BCUT2D eigenvalue weighted by molar-refractivity contribution is 7.99. The molecule has 2 atom stereocenters. The van der Waals surface area contributed by atoms with Gasteiger partial charge in [0.2, 0.25) is 0 Å². The van der Waals surface area contributed by atoms with Gasteiger partial charge in [-0.15, -0.1) is 0 Å². The molecule has 0 aliphatic heterocycles. The van der Waals surface area contributed by atoms with Crippen molar-refractivity contribution in [1.82, 2.24) is 15.5 Å². The summed E-state index contributed by atoms with van der Waals surface area (Å²) in [5.74, 6) is 0. The Bertz CT molecular complexity index is 260. The van der Waals surface area contributed by atoms with Gasteiger partial charge in [0.15, 0.2) is 0 Å². The van der Waals surface area contributed by atoms with Gasteiger partial charge in [-0.25, -0.2) is 0 Å². The first-order valence-corrected chi connectivity index (χ1v) is 6.43. The lowest BCUT2D eigenvalue weighted by Gasteiger charge is -2.18. The molecule has 4 heteroatoms. The molecule has 1 aromatic heterocycles. The molecule has 2 N–H and O–H groups in total. The van der Waals surface area contributed by atoms with Crippen LogP contribution >= 0.6 is 11.8 Å². The van der Waals surface area contributed by atoms with Crippen LogP contribution in [0.25, 0.3) is 0 Å². The minimum absolute atomic E-state index is 0.688. The highest BCUT2D eigenvalue weighted by atomic mass is 32.2. The van der Waals surface area contributed by atoms with E-state index < -0.39 is 0 Å². The van der Waals surface area contributed by atoms with Crippen LogP contribution in [0, 0.1) is 0 Å². The Morgan fingerprint density at radius 3 is 3.29 bits per heavy atom. The van der Waals surface area contributed by atoms with Gasteiger partial charge in [-0.05, 0) is 25.2 Å². The second-order valence-corrected chi connectivity index (χ2v) is 4.85. The predicted octanol–water partition coefficient (Wildman–Crippen LogP) is 1.78. The van der Waals surface area contributed by atoms with Gasteiger partial charge in [0, 0.05) is 29.7 Å². The fraction of sp³-hybridized carbons (Fsp3) is 0.700. The van der Waals surface area contributed by atoms with Crippen molar-refractivity contribution in [2.75, 3.05) is 6.26 Å². The number of H-pyrrole nitrogens is 1. The number of aromatic amines is 1. The van der Waals surface area contributed by atoms with Crippen LogP contribution in [0.5, 0.6) is 0 Å². The van der Waals surface area contributed by atoms with Gasteiger partial charge in [0.25, 0.3) is 0 Å². The number of nitrogens with zero attached hydrogens (tertiary/aromatic N) is 1. The van der Waals surface area contributed by atoms with Gasteiger partial charge >= 0.3 is 0 Å². The fourth-order valence-electron chi connectivity index (χ4n) is 2.07. The lowest BCUT2D eigenvalue weighted by molar-refractivity contribution is 0.527. The summed E-state index contributed by atoms with van der Waals surface area (Å²) in [6.45, 7) is 0.918. The summed E-state index contributed by atoms with van der Waals surface area (Å²) in [6.07, 6.45) is 8.06. The molecule has 1 aliphatic carbocycles. The zero-order valence-electron chi connectivity index (χ0n) is 8.49. The van der Waals surface area contributed by atoms with E-state index in [2.05, 4.69) is 21.8 Å². The zero-order valence-corrected chi connectivity index (χ0v) is 9.31. The van der Waals surface area contributed by atoms with E-state index in [0.717, 1.165) is 11.8 Å². The molecule has 1 fully saturated rings. The molecule has 0 radical (unpaired) electrons. The molecule has 14 heavy (non-hydrogen) atoms. The van der Waals surface area contributed by atoms with Crippen LogP contribution in [0.15, 0.2) is 12.3 Å². The van der Waals surface area contributed by atoms with E-state index >= 15 is 0 Å². The summed E-state index contributed by atoms with van der Waals surface area (Å²) in [7, 11) is 0. The Labute approximate surface area is 89.1 Å². The summed E-state index contributed by atoms with van der Waals surface area (Å²) in [4.78, 5) is 0. The van der Waals surface area contributed by atoms with Gasteiger partial charge in [-0.3, -0.25) is 5.10 Å². The van der Waals surface area contributed by atoms with Crippen LogP contribution < -0.4 is 5.32 Å². The number of rotatable bonds is 4. The van der Waals surface area contributed by atoms with Crippen LogP contribution in [0.1, 0.15) is 25.0 Å². The standard InChI is InChI=1S/C10H17N3S/c1-14-10-4-2-3-9(10)11-7-8-5-6-12-13-8/h5-6,9-11H,2-4,7H2,1H3,(H,12,13). The smallest absolute Gasteiger partial charge is 0.0490 e. The first kappa shape index (κ1) is 10.1. The Morgan fingerprint density at radius 1 is 1.64 bits per heavy atom. The molecule has 1 heterocycles. The van der Waals surface area contributed by atoms with Gasteiger partial charge in [0.1, 0.15) is 0 Å². The highest BCUT2D eigenvalue weighted by Gasteiger charge is 2.25. The minimum Gasteiger partial charge on any atom is -0.307 e. The average Bonchev–Trinajstić information content (AvgIpc) is 2.85. The molecule has 0 aromatic carbocycles. The number of aromatic nitrogens is 2. The van der Waals surface area contributed by atoms with E-state index in [0.29, 0.717) is 6.04 Å². The second-order valence-electron chi connectivity index (χ2n) is 3.77. The Morgan fingerprint density at radius 2 is 2.57 bits per heavy atom. The molecule has 2 rings (SSSR count). The molecule has 1 saturated carbocycles. The molecule has 1 aliphatic rings. The average molecular weight is 211 g/mol. The third kappa shape index (κ3) is 2.30. The molecule has 1 aromatic rings. The minimum atomic E-state index is 0.688. The summed E-state index contributed by atoms with van der Waals surface area (Å²) in [6, 6.07) is 2.71. The zero-order chi connectivity index (χ0) is 9.80. The van der Waals surface area contributed by atoms with Crippen LogP contribution in [0.4, 0.5) is 0 Å². The van der Waals surface area contributed by atoms with Crippen LogP contribution in [0.2, 0.25) is 0 Å². The molecule has 3 nitrogen and oxygen atoms in total. The Hall–Kier alpha value is -0.480. The van der Waals surface area contributed by atoms with E-state index in [4.69, 9.17) is 0 Å². The summed E-state index contributed by atoms with van der Waals surface area (Å²) >= 11 is 1.99. The topological polar surface area (TPSA) is 40.7 Å². The molecule has 0 spiro atoms. The van der Waals surface area contributed by atoms with E-state index in [1.54, 1.807) is 6.20 Å². The SMILES string of the molecule is CSC1CCCC1NCc1ccn[nH]1.